The van der Waals surface area contributed by atoms with Gasteiger partial charge in [0, 0.05) is 11.3 Å². The first-order valence-electron chi connectivity index (χ1n) is 6.80. The summed E-state index contributed by atoms with van der Waals surface area (Å²) in [5.41, 5.74) is 1.27. The van der Waals surface area contributed by atoms with Gasteiger partial charge in [0.2, 0.25) is 0 Å². The SMILES string of the molecule is COc1cnc(C)cc1/C=C/B1OC(C)(C)C(C)(C)O1. The van der Waals surface area contributed by atoms with Crippen LogP contribution in [0.15, 0.2) is 18.2 Å². The van der Waals surface area contributed by atoms with E-state index in [-0.39, 0.29) is 18.3 Å². The van der Waals surface area contributed by atoms with Crippen molar-refractivity contribution in [3.8, 4) is 5.75 Å². The van der Waals surface area contributed by atoms with Gasteiger partial charge in [0.25, 0.3) is 0 Å². The molecular formula is C15H22BNO3. The van der Waals surface area contributed by atoms with E-state index in [9.17, 15) is 0 Å². The predicted molar refractivity (Wildman–Crippen MR) is 80.6 cm³/mol. The van der Waals surface area contributed by atoms with E-state index in [0.717, 1.165) is 17.0 Å². The van der Waals surface area contributed by atoms with Crippen molar-refractivity contribution in [2.75, 3.05) is 7.11 Å². The van der Waals surface area contributed by atoms with Crippen LogP contribution in [0.3, 0.4) is 0 Å². The van der Waals surface area contributed by atoms with Crippen molar-refractivity contribution >= 4 is 13.2 Å². The quantitative estimate of drug-likeness (QED) is 0.795. The molecule has 1 fully saturated rings. The number of ether oxygens (including phenoxy) is 1. The molecular weight excluding hydrogens is 253 g/mol. The highest BCUT2D eigenvalue weighted by Crippen LogP contribution is 2.37. The van der Waals surface area contributed by atoms with Crippen molar-refractivity contribution in [2.24, 2.45) is 0 Å². The highest BCUT2D eigenvalue weighted by atomic mass is 16.7. The first-order chi connectivity index (χ1) is 9.25. The average Bonchev–Trinajstić information content (AvgIpc) is 2.55. The minimum absolute atomic E-state index is 0.319. The van der Waals surface area contributed by atoms with Crippen molar-refractivity contribution in [1.29, 1.82) is 0 Å². The van der Waals surface area contributed by atoms with Crippen molar-refractivity contribution in [3.05, 3.63) is 29.5 Å². The van der Waals surface area contributed by atoms with Crippen LogP contribution in [0.5, 0.6) is 5.75 Å². The fourth-order valence-electron chi connectivity index (χ4n) is 2.02. The molecule has 2 rings (SSSR count). The minimum atomic E-state index is -0.349. The zero-order valence-corrected chi connectivity index (χ0v) is 13.1. The summed E-state index contributed by atoms with van der Waals surface area (Å²) in [4.78, 5) is 4.22. The second-order valence-corrected chi connectivity index (χ2v) is 6.05. The van der Waals surface area contributed by atoms with Crippen LogP contribution in [0.25, 0.3) is 6.08 Å². The number of pyridine rings is 1. The molecule has 1 aromatic rings. The van der Waals surface area contributed by atoms with Crippen molar-refractivity contribution in [2.45, 2.75) is 45.8 Å². The van der Waals surface area contributed by atoms with Crippen molar-refractivity contribution in [3.63, 3.8) is 0 Å². The Kier molecular flexibility index (Phi) is 3.94. The highest BCUT2D eigenvalue weighted by Gasteiger charge is 2.49. The highest BCUT2D eigenvalue weighted by molar-refractivity contribution is 6.52. The maximum Gasteiger partial charge on any atom is 0.487 e. The maximum atomic E-state index is 5.92. The van der Waals surface area contributed by atoms with Gasteiger partial charge in [-0.2, -0.15) is 0 Å². The number of hydrogen-bond acceptors (Lipinski definition) is 4. The molecule has 0 saturated carbocycles. The van der Waals surface area contributed by atoms with E-state index in [2.05, 4.69) is 4.98 Å². The number of aromatic nitrogens is 1. The summed E-state index contributed by atoms with van der Waals surface area (Å²) in [6.45, 7) is 10.1. The van der Waals surface area contributed by atoms with Crippen LogP contribution in [0, 0.1) is 6.92 Å². The van der Waals surface area contributed by atoms with Crippen LogP contribution in [-0.4, -0.2) is 30.4 Å². The Morgan fingerprint density at radius 2 is 1.80 bits per heavy atom. The zero-order chi connectivity index (χ0) is 15.0. The van der Waals surface area contributed by atoms with Gasteiger partial charge in [-0.05, 0) is 40.7 Å². The Morgan fingerprint density at radius 3 is 2.35 bits per heavy atom. The molecule has 1 aliphatic rings. The number of aryl methyl sites for hydroxylation is 1. The molecule has 108 valence electrons. The first kappa shape index (κ1) is 15.1. The first-order valence-corrected chi connectivity index (χ1v) is 6.80. The number of methoxy groups -OCH3 is 1. The maximum absolute atomic E-state index is 5.92. The Hall–Kier alpha value is -1.33. The van der Waals surface area contributed by atoms with Crippen molar-refractivity contribution < 1.29 is 14.0 Å². The average molecular weight is 275 g/mol. The van der Waals surface area contributed by atoms with Gasteiger partial charge in [-0.25, -0.2) is 0 Å². The molecule has 0 aliphatic carbocycles. The predicted octanol–water partition coefficient (Wildman–Crippen LogP) is 3.04. The van der Waals surface area contributed by atoms with Gasteiger partial charge < -0.3 is 14.0 Å². The van der Waals surface area contributed by atoms with Crippen LogP contribution in [0.1, 0.15) is 39.0 Å². The zero-order valence-electron chi connectivity index (χ0n) is 13.1. The summed E-state index contributed by atoms with van der Waals surface area (Å²) < 4.78 is 17.2. The number of rotatable bonds is 3. The number of nitrogens with zero attached hydrogens (tertiary/aromatic N) is 1. The lowest BCUT2D eigenvalue weighted by Gasteiger charge is -2.32. The Labute approximate surface area is 121 Å². The molecule has 5 heteroatoms. The van der Waals surface area contributed by atoms with Crippen LogP contribution in [-0.2, 0) is 9.31 Å². The summed E-state index contributed by atoms with van der Waals surface area (Å²) in [7, 11) is 1.29. The van der Waals surface area contributed by atoms with Gasteiger partial charge in [0.1, 0.15) is 5.75 Å². The lowest BCUT2D eigenvalue weighted by molar-refractivity contribution is 0.00578. The van der Waals surface area contributed by atoms with Crippen LogP contribution >= 0.6 is 0 Å². The molecule has 0 spiro atoms. The lowest BCUT2D eigenvalue weighted by Crippen LogP contribution is -2.41. The van der Waals surface area contributed by atoms with Crippen LogP contribution in [0.2, 0.25) is 0 Å². The van der Waals surface area contributed by atoms with E-state index in [1.165, 1.54) is 0 Å². The van der Waals surface area contributed by atoms with E-state index in [4.69, 9.17) is 14.0 Å². The van der Waals surface area contributed by atoms with Crippen LogP contribution in [0.4, 0.5) is 0 Å². The molecule has 1 saturated heterocycles. The summed E-state index contributed by atoms with van der Waals surface area (Å²) in [6.07, 6.45) is 3.68. The van der Waals surface area contributed by atoms with Crippen molar-refractivity contribution in [1.82, 2.24) is 4.98 Å². The minimum Gasteiger partial charge on any atom is -0.495 e. The van der Waals surface area contributed by atoms with Gasteiger partial charge >= 0.3 is 7.12 Å². The molecule has 1 aliphatic heterocycles. The second-order valence-electron chi connectivity index (χ2n) is 6.05. The molecule has 1 aromatic heterocycles. The van der Waals surface area contributed by atoms with E-state index in [1.54, 1.807) is 13.3 Å². The third kappa shape index (κ3) is 2.89. The summed E-state index contributed by atoms with van der Waals surface area (Å²) in [5, 5.41) is 0. The Balaban J connectivity index is 2.17. The van der Waals surface area contributed by atoms with E-state index in [1.807, 2.05) is 52.7 Å². The molecule has 20 heavy (non-hydrogen) atoms. The van der Waals surface area contributed by atoms with E-state index < -0.39 is 0 Å². The van der Waals surface area contributed by atoms with Gasteiger partial charge in [-0.1, -0.05) is 12.1 Å². The summed E-state index contributed by atoms with van der Waals surface area (Å²) >= 11 is 0. The summed E-state index contributed by atoms with van der Waals surface area (Å²) in [6, 6.07) is 1.97. The molecule has 0 unspecified atom stereocenters. The Morgan fingerprint density at radius 1 is 1.20 bits per heavy atom. The third-order valence-electron chi connectivity index (χ3n) is 3.96. The lowest BCUT2D eigenvalue weighted by atomic mass is 9.89. The second kappa shape index (κ2) is 5.22. The van der Waals surface area contributed by atoms with Gasteiger partial charge in [0.05, 0.1) is 24.5 Å². The molecule has 0 aromatic carbocycles. The molecule has 0 amide bonds. The standard InChI is InChI=1S/C15H22BNO3/c1-11-9-12(13(18-6)10-17-11)7-8-16-19-14(2,3)15(4,5)20-16/h7-10H,1-6H3/b8-7+. The van der Waals surface area contributed by atoms with Crippen LogP contribution < -0.4 is 4.74 Å². The van der Waals surface area contributed by atoms with Gasteiger partial charge in [-0.3, -0.25) is 4.98 Å². The molecule has 0 atom stereocenters. The molecule has 0 radical (unpaired) electrons. The smallest absolute Gasteiger partial charge is 0.487 e. The normalized spacial score (nSPS) is 20.6. The molecule has 4 nitrogen and oxygen atoms in total. The molecule has 0 N–H and O–H groups in total. The largest absolute Gasteiger partial charge is 0.495 e. The monoisotopic (exact) mass is 275 g/mol. The van der Waals surface area contributed by atoms with Gasteiger partial charge in [-0.15, -0.1) is 0 Å². The molecule has 0 bridgehead atoms. The van der Waals surface area contributed by atoms with E-state index in [0.29, 0.717) is 0 Å². The number of hydrogen-bond donors (Lipinski definition) is 0. The van der Waals surface area contributed by atoms with E-state index >= 15 is 0 Å². The summed E-state index contributed by atoms with van der Waals surface area (Å²) in [5.74, 6) is 2.65. The fourth-order valence-corrected chi connectivity index (χ4v) is 2.02. The Bertz CT molecular complexity index is 510. The third-order valence-corrected chi connectivity index (χ3v) is 3.96. The molecule has 2 heterocycles. The topological polar surface area (TPSA) is 40.6 Å². The fraction of sp³-hybridized carbons (Fsp3) is 0.533. The van der Waals surface area contributed by atoms with Gasteiger partial charge in [0.15, 0.2) is 0 Å².